The lowest BCUT2D eigenvalue weighted by atomic mass is 9.78. The molecule has 1 aliphatic rings. The van der Waals surface area contributed by atoms with Crippen LogP contribution >= 0.6 is 0 Å². The minimum absolute atomic E-state index is 0.185. The SMILES string of the molecule is CC(C)c1ccc(C(=O)OCC(=O)N[C@H]2CCC[C@H](C)[C@H]2C)cc1. The van der Waals surface area contributed by atoms with E-state index in [-0.39, 0.29) is 18.6 Å². The molecule has 0 heterocycles. The Labute approximate surface area is 145 Å². The summed E-state index contributed by atoms with van der Waals surface area (Å²) in [5.41, 5.74) is 1.65. The summed E-state index contributed by atoms with van der Waals surface area (Å²) in [5.74, 6) is 0.826. The lowest BCUT2D eigenvalue weighted by Gasteiger charge is -2.34. The van der Waals surface area contributed by atoms with Gasteiger partial charge in [-0.1, -0.05) is 52.7 Å². The summed E-state index contributed by atoms with van der Waals surface area (Å²) in [6.45, 7) is 8.39. The molecule has 1 saturated carbocycles. The molecule has 0 saturated heterocycles. The summed E-state index contributed by atoms with van der Waals surface area (Å²) in [4.78, 5) is 24.1. The van der Waals surface area contributed by atoms with E-state index in [2.05, 4.69) is 33.0 Å². The van der Waals surface area contributed by atoms with Gasteiger partial charge in [0.05, 0.1) is 5.56 Å². The van der Waals surface area contributed by atoms with Crippen LogP contribution in [0.1, 0.15) is 68.8 Å². The molecule has 4 nitrogen and oxygen atoms in total. The largest absolute Gasteiger partial charge is 0.452 e. The van der Waals surface area contributed by atoms with E-state index < -0.39 is 5.97 Å². The van der Waals surface area contributed by atoms with E-state index in [1.54, 1.807) is 12.1 Å². The second-order valence-corrected chi connectivity index (χ2v) is 7.29. The van der Waals surface area contributed by atoms with Crippen LogP contribution in [0.15, 0.2) is 24.3 Å². The van der Waals surface area contributed by atoms with E-state index in [4.69, 9.17) is 4.74 Å². The number of carbonyl (C=O) groups is 2. The normalized spacial score (nSPS) is 23.8. The van der Waals surface area contributed by atoms with E-state index in [1.165, 1.54) is 12.0 Å². The van der Waals surface area contributed by atoms with Crippen LogP contribution in [0.5, 0.6) is 0 Å². The predicted molar refractivity (Wildman–Crippen MR) is 94.9 cm³/mol. The molecule has 0 aromatic heterocycles. The van der Waals surface area contributed by atoms with Crippen LogP contribution in [0.4, 0.5) is 0 Å². The van der Waals surface area contributed by atoms with Gasteiger partial charge in [0, 0.05) is 6.04 Å². The van der Waals surface area contributed by atoms with Crippen molar-refractivity contribution in [1.82, 2.24) is 5.32 Å². The number of hydrogen-bond donors (Lipinski definition) is 1. The van der Waals surface area contributed by atoms with Gasteiger partial charge in [-0.25, -0.2) is 4.79 Å². The van der Waals surface area contributed by atoms with Crippen LogP contribution in [-0.4, -0.2) is 24.5 Å². The molecule has 2 rings (SSSR count). The summed E-state index contributed by atoms with van der Waals surface area (Å²) in [6, 6.07) is 7.53. The zero-order valence-electron chi connectivity index (χ0n) is 15.2. The Bertz CT molecular complexity index is 565. The Morgan fingerprint density at radius 3 is 2.46 bits per heavy atom. The minimum atomic E-state index is -0.453. The lowest BCUT2D eigenvalue weighted by molar-refractivity contribution is -0.125. The molecule has 3 atom stereocenters. The molecule has 132 valence electrons. The molecule has 0 spiro atoms. The average Bonchev–Trinajstić information content (AvgIpc) is 2.57. The van der Waals surface area contributed by atoms with Gasteiger partial charge in [0.25, 0.3) is 5.91 Å². The van der Waals surface area contributed by atoms with Gasteiger partial charge in [-0.05, 0) is 41.9 Å². The summed E-state index contributed by atoms with van der Waals surface area (Å²) in [7, 11) is 0. The molecule has 0 unspecified atom stereocenters. The van der Waals surface area contributed by atoms with Crippen LogP contribution in [-0.2, 0) is 9.53 Å². The number of rotatable bonds is 5. The first-order valence-corrected chi connectivity index (χ1v) is 8.95. The minimum Gasteiger partial charge on any atom is -0.452 e. The van der Waals surface area contributed by atoms with Crippen LogP contribution in [0.2, 0.25) is 0 Å². The van der Waals surface area contributed by atoms with Crippen LogP contribution in [0, 0.1) is 11.8 Å². The summed E-state index contributed by atoms with van der Waals surface area (Å²) < 4.78 is 5.14. The zero-order valence-corrected chi connectivity index (χ0v) is 15.2. The summed E-state index contributed by atoms with van der Waals surface area (Å²) in [5, 5.41) is 3.01. The Balaban J connectivity index is 1.81. The molecule has 0 aliphatic heterocycles. The third kappa shape index (κ3) is 4.83. The molecule has 24 heavy (non-hydrogen) atoms. The van der Waals surface area contributed by atoms with Crippen LogP contribution in [0.3, 0.4) is 0 Å². The van der Waals surface area contributed by atoms with Crippen molar-refractivity contribution in [1.29, 1.82) is 0 Å². The molecule has 0 radical (unpaired) electrons. The molecule has 1 aliphatic carbocycles. The first kappa shape index (κ1) is 18.5. The molecule has 1 amide bonds. The third-order valence-electron chi connectivity index (χ3n) is 5.20. The Morgan fingerprint density at radius 2 is 1.83 bits per heavy atom. The van der Waals surface area contributed by atoms with Crippen molar-refractivity contribution in [2.75, 3.05) is 6.61 Å². The summed E-state index contributed by atoms with van der Waals surface area (Å²) in [6.07, 6.45) is 3.36. The molecule has 1 aromatic carbocycles. The fourth-order valence-corrected chi connectivity index (χ4v) is 3.25. The van der Waals surface area contributed by atoms with E-state index in [9.17, 15) is 9.59 Å². The second-order valence-electron chi connectivity index (χ2n) is 7.29. The number of esters is 1. The number of hydrogen-bond acceptors (Lipinski definition) is 3. The fraction of sp³-hybridized carbons (Fsp3) is 0.600. The first-order valence-electron chi connectivity index (χ1n) is 8.95. The van der Waals surface area contributed by atoms with Gasteiger partial charge in [0.15, 0.2) is 6.61 Å². The topological polar surface area (TPSA) is 55.4 Å². The second kappa shape index (κ2) is 8.32. The molecule has 1 N–H and O–H groups in total. The molecule has 4 heteroatoms. The zero-order chi connectivity index (χ0) is 17.7. The Hall–Kier alpha value is -1.84. The van der Waals surface area contributed by atoms with Crippen LogP contribution in [0.25, 0.3) is 0 Å². The maximum Gasteiger partial charge on any atom is 0.338 e. The number of benzene rings is 1. The van der Waals surface area contributed by atoms with E-state index >= 15 is 0 Å². The van der Waals surface area contributed by atoms with Crippen molar-refractivity contribution in [3.05, 3.63) is 35.4 Å². The molecular formula is C20H29NO3. The third-order valence-corrected chi connectivity index (χ3v) is 5.20. The van der Waals surface area contributed by atoms with Crippen molar-refractivity contribution in [3.8, 4) is 0 Å². The number of ether oxygens (including phenoxy) is 1. The lowest BCUT2D eigenvalue weighted by Crippen LogP contribution is -2.45. The smallest absolute Gasteiger partial charge is 0.338 e. The van der Waals surface area contributed by atoms with E-state index in [0.29, 0.717) is 23.3 Å². The van der Waals surface area contributed by atoms with Crippen LogP contribution < -0.4 is 5.32 Å². The van der Waals surface area contributed by atoms with Crippen molar-refractivity contribution in [3.63, 3.8) is 0 Å². The van der Waals surface area contributed by atoms with E-state index in [1.807, 2.05) is 12.1 Å². The van der Waals surface area contributed by atoms with Crippen molar-refractivity contribution in [2.24, 2.45) is 11.8 Å². The number of carbonyl (C=O) groups excluding carboxylic acids is 2. The predicted octanol–water partition coefficient (Wildman–Crippen LogP) is 3.91. The van der Waals surface area contributed by atoms with Gasteiger partial charge in [-0.2, -0.15) is 0 Å². The first-order chi connectivity index (χ1) is 11.4. The molecule has 1 fully saturated rings. The van der Waals surface area contributed by atoms with Crippen molar-refractivity contribution >= 4 is 11.9 Å². The highest BCUT2D eigenvalue weighted by molar-refractivity contribution is 5.91. The van der Waals surface area contributed by atoms with Gasteiger partial charge in [-0.15, -0.1) is 0 Å². The molecular weight excluding hydrogens is 302 g/mol. The quantitative estimate of drug-likeness (QED) is 0.832. The highest BCUT2D eigenvalue weighted by Gasteiger charge is 2.28. The Kier molecular flexibility index (Phi) is 6.41. The Morgan fingerprint density at radius 1 is 1.17 bits per heavy atom. The van der Waals surface area contributed by atoms with E-state index in [0.717, 1.165) is 12.8 Å². The van der Waals surface area contributed by atoms with Gasteiger partial charge < -0.3 is 10.1 Å². The van der Waals surface area contributed by atoms with Gasteiger partial charge >= 0.3 is 5.97 Å². The summed E-state index contributed by atoms with van der Waals surface area (Å²) >= 11 is 0. The van der Waals surface area contributed by atoms with Crippen molar-refractivity contribution < 1.29 is 14.3 Å². The standard InChI is InChI=1S/C20H29NO3/c1-13(2)16-8-10-17(11-9-16)20(23)24-12-19(22)21-18-7-5-6-14(3)15(18)4/h8-11,13-15,18H,5-7,12H2,1-4H3,(H,21,22)/t14-,15+,18-/m0/s1. The molecule has 0 bridgehead atoms. The number of amides is 1. The molecule has 1 aromatic rings. The maximum atomic E-state index is 12.1. The van der Waals surface area contributed by atoms with Gasteiger partial charge in [0.2, 0.25) is 0 Å². The van der Waals surface area contributed by atoms with Gasteiger partial charge in [-0.3, -0.25) is 4.79 Å². The van der Waals surface area contributed by atoms with Gasteiger partial charge in [0.1, 0.15) is 0 Å². The fourth-order valence-electron chi connectivity index (χ4n) is 3.25. The highest BCUT2D eigenvalue weighted by atomic mass is 16.5. The average molecular weight is 331 g/mol. The monoisotopic (exact) mass is 331 g/mol. The number of nitrogens with one attached hydrogen (secondary N) is 1. The highest BCUT2D eigenvalue weighted by Crippen LogP contribution is 2.29. The van der Waals surface area contributed by atoms with Crippen molar-refractivity contribution in [2.45, 2.75) is 58.9 Å². The maximum absolute atomic E-state index is 12.1.